The summed E-state index contributed by atoms with van der Waals surface area (Å²) in [6, 6.07) is 5.75. The van der Waals surface area contributed by atoms with Crippen molar-refractivity contribution in [3.05, 3.63) is 28.2 Å². The second-order valence-corrected chi connectivity index (χ2v) is 8.81. The van der Waals surface area contributed by atoms with Gasteiger partial charge in [0.15, 0.2) is 0 Å². The van der Waals surface area contributed by atoms with Crippen molar-refractivity contribution in [3.8, 4) is 5.75 Å². The molecule has 0 spiro atoms. The number of fused-ring (bicyclic) bond motifs is 1. The van der Waals surface area contributed by atoms with Gasteiger partial charge in [0.2, 0.25) is 0 Å². The predicted octanol–water partition coefficient (Wildman–Crippen LogP) is 4.28. The molecule has 6 heteroatoms. The maximum absolute atomic E-state index is 12.2. The van der Waals surface area contributed by atoms with Crippen LogP contribution in [0.5, 0.6) is 5.75 Å². The van der Waals surface area contributed by atoms with Crippen LogP contribution in [0.15, 0.2) is 22.7 Å². The third-order valence-electron chi connectivity index (χ3n) is 4.79. The molecule has 0 unspecified atom stereocenters. The van der Waals surface area contributed by atoms with Crippen LogP contribution < -0.4 is 4.74 Å². The van der Waals surface area contributed by atoms with Crippen LogP contribution in [0.2, 0.25) is 0 Å². The number of hydrogen-bond acceptors (Lipinski definition) is 4. The molecule has 1 amide bonds. The van der Waals surface area contributed by atoms with E-state index in [1.807, 2.05) is 39.0 Å². The number of carbonyl (C=O) groups excluding carboxylic acids is 1. The average molecular weight is 412 g/mol. The Kier molecular flexibility index (Phi) is 5.30. The summed E-state index contributed by atoms with van der Waals surface area (Å²) in [4.78, 5) is 13.9. The SMILES string of the molecule is CC(C)(C)OC(=O)N1CCC([C@H]2C[C@@H](O)c3ccc(Br)cc3O2)CC1. The van der Waals surface area contributed by atoms with Crippen molar-refractivity contribution in [2.75, 3.05) is 13.1 Å². The minimum atomic E-state index is -0.495. The molecule has 0 aromatic heterocycles. The number of halogens is 1. The lowest BCUT2D eigenvalue weighted by Gasteiger charge is -2.39. The van der Waals surface area contributed by atoms with Crippen molar-refractivity contribution in [1.82, 2.24) is 4.90 Å². The molecule has 1 saturated heterocycles. The Hall–Kier alpha value is -1.27. The second-order valence-electron chi connectivity index (χ2n) is 7.89. The molecule has 1 fully saturated rings. The monoisotopic (exact) mass is 411 g/mol. The molecular formula is C19H26BrNO4. The molecule has 0 saturated carbocycles. The van der Waals surface area contributed by atoms with E-state index in [0.29, 0.717) is 25.4 Å². The smallest absolute Gasteiger partial charge is 0.410 e. The summed E-state index contributed by atoms with van der Waals surface area (Å²) < 4.78 is 12.6. The van der Waals surface area contributed by atoms with Crippen LogP contribution in [0.1, 0.15) is 51.7 Å². The fourth-order valence-corrected chi connectivity index (χ4v) is 3.85. The van der Waals surface area contributed by atoms with Crippen LogP contribution in [0.3, 0.4) is 0 Å². The van der Waals surface area contributed by atoms with Gasteiger partial charge in [-0.2, -0.15) is 0 Å². The molecule has 0 aliphatic carbocycles. The molecular weight excluding hydrogens is 386 g/mol. The van der Waals surface area contributed by atoms with E-state index in [0.717, 1.165) is 28.6 Å². The van der Waals surface area contributed by atoms with Gasteiger partial charge < -0.3 is 19.5 Å². The molecule has 1 aromatic carbocycles. The maximum atomic E-state index is 12.2. The molecule has 2 heterocycles. The first kappa shape index (κ1) is 18.5. The predicted molar refractivity (Wildman–Crippen MR) is 98.7 cm³/mol. The Morgan fingerprint density at radius 1 is 1.32 bits per heavy atom. The van der Waals surface area contributed by atoms with E-state index in [2.05, 4.69) is 15.9 Å². The fraction of sp³-hybridized carbons (Fsp3) is 0.632. The van der Waals surface area contributed by atoms with Crippen molar-refractivity contribution < 1.29 is 19.4 Å². The molecule has 2 aliphatic heterocycles. The third-order valence-corrected chi connectivity index (χ3v) is 5.28. The summed E-state index contributed by atoms with van der Waals surface area (Å²) >= 11 is 3.45. The Balaban J connectivity index is 1.59. The Labute approximate surface area is 157 Å². The zero-order valence-electron chi connectivity index (χ0n) is 15.0. The number of likely N-dealkylation sites (tertiary alicyclic amines) is 1. The zero-order chi connectivity index (χ0) is 18.2. The van der Waals surface area contributed by atoms with Crippen LogP contribution in [0.4, 0.5) is 4.79 Å². The summed E-state index contributed by atoms with van der Waals surface area (Å²) in [6.07, 6.45) is 1.57. The number of aliphatic hydroxyl groups is 1. The van der Waals surface area contributed by atoms with Crippen molar-refractivity contribution in [2.24, 2.45) is 5.92 Å². The van der Waals surface area contributed by atoms with Gasteiger partial charge in [0.1, 0.15) is 17.5 Å². The number of amides is 1. The van der Waals surface area contributed by atoms with Crippen LogP contribution in [-0.2, 0) is 4.74 Å². The number of carbonyl (C=O) groups is 1. The molecule has 25 heavy (non-hydrogen) atoms. The Morgan fingerprint density at radius 3 is 2.64 bits per heavy atom. The third kappa shape index (κ3) is 4.47. The lowest BCUT2D eigenvalue weighted by Crippen LogP contribution is -2.45. The highest BCUT2D eigenvalue weighted by Crippen LogP contribution is 2.40. The number of ether oxygens (including phenoxy) is 2. The Bertz CT molecular complexity index is 635. The standard InChI is InChI=1S/C19H26BrNO4/c1-19(2,3)25-18(23)21-8-6-12(7-9-21)16-11-15(22)14-5-4-13(20)10-17(14)24-16/h4-5,10,12,15-16,22H,6-9,11H2,1-3H3/t15-,16-/m1/s1. The highest BCUT2D eigenvalue weighted by atomic mass is 79.9. The van der Waals surface area contributed by atoms with E-state index in [1.165, 1.54) is 0 Å². The van der Waals surface area contributed by atoms with Crippen LogP contribution in [-0.4, -0.2) is 40.9 Å². The first-order valence-corrected chi connectivity index (χ1v) is 9.64. The van der Waals surface area contributed by atoms with E-state index in [9.17, 15) is 9.90 Å². The molecule has 5 nitrogen and oxygen atoms in total. The summed E-state index contributed by atoms with van der Waals surface area (Å²) in [5.74, 6) is 1.09. The highest BCUT2D eigenvalue weighted by molar-refractivity contribution is 9.10. The van der Waals surface area contributed by atoms with Crippen molar-refractivity contribution in [2.45, 2.75) is 57.8 Å². The molecule has 0 bridgehead atoms. The van der Waals surface area contributed by atoms with E-state index in [1.54, 1.807) is 4.90 Å². The molecule has 0 radical (unpaired) electrons. The summed E-state index contributed by atoms with van der Waals surface area (Å²) in [6.45, 7) is 6.97. The zero-order valence-corrected chi connectivity index (χ0v) is 16.6. The van der Waals surface area contributed by atoms with Gasteiger partial charge in [-0.3, -0.25) is 0 Å². The van der Waals surface area contributed by atoms with E-state index in [4.69, 9.17) is 9.47 Å². The van der Waals surface area contributed by atoms with Crippen LogP contribution in [0.25, 0.3) is 0 Å². The van der Waals surface area contributed by atoms with Gasteiger partial charge in [0.05, 0.1) is 6.10 Å². The second kappa shape index (κ2) is 7.16. The van der Waals surface area contributed by atoms with Gasteiger partial charge in [-0.05, 0) is 51.7 Å². The molecule has 2 aliphatic rings. The quantitative estimate of drug-likeness (QED) is 0.748. The molecule has 138 valence electrons. The van der Waals surface area contributed by atoms with E-state index in [-0.39, 0.29) is 12.2 Å². The summed E-state index contributed by atoms with van der Waals surface area (Å²) in [5.41, 5.74) is 0.382. The molecule has 3 rings (SSSR count). The minimum absolute atomic E-state index is 0.0161. The van der Waals surface area contributed by atoms with E-state index < -0.39 is 11.7 Å². The largest absolute Gasteiger partial charge is 0.490 e. The number of rotatable bonds is 1. The fourth-order valence-electron chi connectivity index (χ4n) is 3.51. The highest BCUT2D eigenvalue weighted by Gasteiger charge is 2.36. The average Bonchev–Trinajstić information content (AvgIpc) is 2.53. The number of piperidine rings is 1. The summed E-state index contributed by atoms with van der Waals surface area (Å²) in [5, 5.41) is 10.4. The molecule has 1 N–H and O–H groups in total. The number of benzene rings is 1. The molecule has 1 aromatic rings. The van der Waals surface area contributed by atoms with Gasteiger partial charge in [-0.25, -0.2) is 4.79 Å². The van der Waals surface area contributed by atoms with Crippen LogP contribution in [0, 0.1) is 5.92 Å². The van der Waals surface area contributed by atoms with Gasteiger partial charge >= 0.3 is 6.09 Å². The molecule has 2 atom stereocenters. The van der Waals surface area contributed by atoms with Crippen LogP contribution >= 0.6 is 15.9 Å². The lowest BCUT2D eigenvalue weighted by molar-refractivity contribution is -0.00407. The number of nitrogens with zero attached hydrogens (tertiary/aromatic N) is 1. The van der Waals surface area contributed by atoms with Gasteiger partial charge in [0.25, 0.3) is 0 Å². The Morgan fingerprint density at radius 2 is 2.00 bits per heavy atom. The lowest BCUT2D eigenvalue weighted by atomic mass is 9.85. The van der Waals surface area contributed by atoms with Gasteiger partial charge in [-0.1, -0.05) is 22.0 Å². The minimum Gasteiger partial charge on any atom is -0.490 e. The topological polar surface area (TPSA) is 59.0 Å². The van der Waals surface area contributed by atoms with E-state index >= 15 is 0 Å². The van der Waals surface area contributed by atoms with Crippen molar-refractivity contribution in [1.29, 1.82) is 0 Å². The first-order valence-electron chi connectivity index (χ1n) is 8.85. The van der Waals surface area contributed by atoms with Crippen molar-refractivity contribution >= 4 is 22.0 Å². The first-order chi connectivity index (χ1) is 11.7. The van der Waals surface area contributed by atoms with Gasteiger partial charge in [-0.15, -0.1) is 0 Å². The van der Waals surface area contributed by atoms with Crippen molar-refractivity contribution in [3.63, 3.8) is 0 Å². The maximum Gasteiger partial charge on any atom is 0.410 e. The summed E-state index contributed by atoms with van der Waals surface area (Å²) in [7, 11) is 0. The number of aliphatic hydroxyl groups excluding tert-OH is 1. The normalized spacial score (nSPS) is 24.4. The number of hydrogen-bond donors (Lipinski definition) is 1. The van der Waals surface area contributed by atoms with Gasteiger partial charge in [0, 0.05) is 29.5 Å².